The predicted molar refractivity (Wildman–Crippen MR) is 61.0 cm³/mol. The molecule has 0 bridgehead atoms. The van der Waals surface area contributed by atoms with Crippen molar-refractivity contribution in [1.82, 2.24) is 5.43 Å². The minimum atomic E-state index is -0.641. The van der Waals surface area contributed by atoms with Crippen LogP contribution in [0.25, 0.3) is 0 Å². The molecule has 0 atom stereocenters. The number of amides is 1. The Morgan fingerprint density at radius 3 is 2.83 bits per heavy atom. The third kappa shape index (κ3) is 2.91. The highest BCUT2D eigenvalue weighted by Crippen LogP contribution is 2.09. The zero-order valence-electron chi connectivity index (χ0n) is 9.48. The predicted octanol–water partition coefficient (Wildman–Crippen LogP) is 1.13. The maximum atomic E-state index is 13.3. The van der Waals surface area contributed by atoms with Gasteiger partial charge in [-0.3, -0.25) is 4.79 Å². The number of esters is 1. The van der Waals surface area contributed by atoms with E-state index in [9.17, 15) is 14.0 Å². The summed E-state index contributed by atoms with van der Waals surface area (Å²) in [6.45, 7) is -0.154. The van der Waals surface area contributed by atoms with Crippen LogP contribution in [0, 0.1) is 5.82 Å². The average molecular weight is 250 g/mol. The van der Waals surface area contributed by atoms with Crippen LogP contribution in [0.3, 0.4) is 0 Å². The first-order valence-corrected chi connectivity index (χ1v) is 5.43. The molecule has 2 rings (SSSR count). The highest BCUT2D eigenvalue weighted by molar-refractivity contribution is 6.37. The van der Waals surface area contributed by atoms with Crippen molar-refractivity contribution in [3.63, 3.8) is 0 Å². The number of ether oxygens (including phenoxy) is 1. The molecule has 6 heteroatoms. The smallest absolute Gasteiger partial charge is 0.354 e. The Hall–Kier alpha value is -2.24. The summed E-state index contributed by atoms with van der Waals surface area (Å²) in [5.74, 6) is -1.30. The van der Waals surface area contributed by atoms with E-state index >= 15 is 0 Å². The molecule has 1 aromatic carbocycles. The summed E-state index contributed by atoms with van der Waals surface area (Å²) in [5.41, 5.74) is 2.64. The minimum absolute atomic E-state index is 0.144. The number of hydrazone groups is 1. The summed E-state index contributed by atoms with van der Waals surface area (Å²) in [6, 6.07) is 6.04. The highest BCUT2D eigenvalue weighted by atomic mass is 19.1. The maximum absolute atomic E-state index is 13.3. The largest absolute Gasteiger partial charge is 0.456 e. The van der Waals surface area contributed by atoms with E-state index in [0.29, 0.717) is 5.56 Å². The van der Waals surface area contributed by atoms with Gasteiger partial charge in [0.05, 0.1) is 0 Å². The van der Waals surface area contributed by atoms with Crippen LogP contribution < -0.4 is 5.43 Å². The van der Waals surface area contributed by atoms with E-state index in [1.807, 2.05) is 0 Å². The van der Waals surface area contributed by atoms with Crippen LogP contribution in [0.2, 0.25) is 0 Å². The molecule has 1 heterocycles. The van der Waals surface area contributed by atoms with E-state index in [1.165, 1.54) is 12.1 Å². The molecule has 0 aromatic heterocycles. The number of nitrogens with zero attached hydrogens (tertiary/aromatic N) is 1. The summed E-state index contributed by atoms with van der Waals surface area (Å²) >= 11 is 0. The van der Waals surface area contributed by atoms with Crippen molar-refractivity contribution in [2.45, 2.75) is 19.4 Å². The monoisotopic (exact) mass is 250 g/mol. The van der Waals surface area contributed by atoms with Gasteiger partial charge in [-0.15, -0.1) is 0 Å². The molecule has 94 valence electrons. The summed E-state index contributed by atoms with van der Waals surface area (Å²) in [4.78, 5) is 22.4. The first kappa shape index (κ1) is 12.2. The van der Waals surface area contributed by atoms with Crippen LogP contribution in [-0.2, 0) is 20.9 Å². The van der Waals surface area contributed by atoms with Crippen LogP contribution in [-0.4, -0.2) is 17.6 Å². The number of carbonyl (C=O) groups is 2. The molecule has 1 aromatic rings. The molecule has 1 amide bonds. The number of hydrogen-bond donors (Lipinski definition) is 1. The van der Waals surface area contributed by atoms with Gasteiger partial charge in [-0.25, -0.2) is 14.6 Å². The van der Waals surface area contributed by atoms with Crippen molar-refractivity contribution in [3.05, 3.63) is 35.6 Å². The molecule has 0 saturated carbocycles. The SMILES string of the molecule is O=C1CCC(C(=O)OCc2ccccc2F)=NN1. The number of benzene rings is 1. The van der Waals surface area contributed by atoms with Crippen molar-refractivity contribution >= 4 is 17.6 Å². The molecule has 0 spiro atoms. The molecule has 0 fully saturated rings. The van der Waals surface area contributed by atoms with Gasteiger partial charge in [-0.05, 0) is 6.07 Å². The Labute approximate surface area is 103 Å². The minimum Gasteiger partial charge on any atom is -0.456 e. The van der Waals surface area contributed by atoms with Gasteiger partial charge in [0.25, 0.3) is 0 Å². The van der Waals surface area contributed by atoms with Crippen molar-refractivity contribution in [2.24, 2.45) is 5.10 Å². The molecule has 0 saturated heterocycles. The Morgan fingerprint density at radius 2 is 2.17 bits per heavy atom. The van der Waals surface area contributed by atoms with Crippen molar-refractivity contribution in [2.75, 3.05) is 0 Å². The highest BCUT2D eigenvalue weighted by Gasteiger charge is 2.19. The van der Waals surface area contributed by atoms with Crippen LogP contribution in [0.1, 0.15) is 18.4 Å². The third-order valence-corrected chi connectivity index (χ3v) is 2.46. The number of rotatable bonds is 3. The van der Waals surface area contributed by atoms with Crippen molar-refractivity contribution in [1.29, 1.82) is 0 Å². The van der Waals surface area contributed by atoms with Gasteiger partial charge in [0.15, 0.2) is 0 Å². The van der Waals surface area contributed by atoms with Gasteiger partial charge in [-0.1, -0.05) is 18.2 Å². The topological polar surface area (TPSA) is 67.8 Å². The summed E-state index contributed by atoms with van der Waals surface area (Å²) in [7, 11) is 0. The lowest BCUT2D eigenvalue weighted by Gasteiger charge is -2.11. The van der Waals surface area contributed by atoms with Gasteiger partial charge in [0.2, 0.25) is 5.91 Å². The Bertz CT molecular complexity index is 514. The van der Waals surface area contributed by atoms with Crippen LogP contribution in [0.5, 0.6) is 0 Å². The Kier molecular flexibility index (Phi) is 3.66. The van der Waals surface area contributed by atoms with Crippen LogP contribution in [0.15, 0.2) is 29.4 Å². The zero-order chi connectivity index (χ0) is 13.0. The van der Waals surface area contributed by atoms with Crippen molar-refractivity contribution in [3.8, 4) is 0 Å². The number of hydrogen-bond acceptors (Lipinski definition) is 4. The molecule has 1 aliphatic heterocycles. The molecular formula is C12H11FN2O3. The van der Waals surface area contributed by atoms with Gasteiger partial charge in [0.1, 0.15) is 18.1 Å². The van der Waals surface area contributed by atoms with E-state index < -0.39 is 11.8 Å². The van der Waals surface area contributed by atoms with Crippen LogP contribution >= 0.6 is 0 Å². The summed E-state index contributed by atoms with van der Waals surface area (Å²) in [5, 5.41) is 3.59. The first-order valence-electron chi connectivity index (χ1n) is 5.43. The van der Waals surface area contributed by atoms with Crippen LogP contribution in [0.4, 0.5) is 4.39 Å². The molecule has 5 nitrogen and oxygen atoms in total. The zero-order valence-corrected chi connectivity index (χ0v) is 9.48. The number of carbonyl (C=O) groups excluding carboxylic acids is 2. The van der Waals surface area contributed by atoms with E-state index in [0.717, 1.165) is 0 Å². The Balaban J connectivity index is 1.93. The van der Waals surface area contributed by atoms with Gasteiger partial charge < -0.3 is 4.74 Å². The fraction of sp³-hybridized carbons (Fsp3) is 0.250. The quantitative estimate of drug-likeness (QED) is 0.818. The fourth-order valence-electron chi connectivity index (χ4n) is 1.46. The lowest BCUT2D eigenvalue weighted by atomic mass is 10.2. The maximum Gasteiger partial charge on any atom is 0.354 e. The second-order valence-electron chi connectivity index (χ2n) is 3.76. The molecule has 0 unspecified atom stereocenters. The Morgan fingerprint density at radius 1 is 1.39 bits per heavy atom. The third-order valence-electron chi connectivity index (χ3n) is 2.46. The second-order valence-corrected chi connectivity index (χ2v) is 3.76. The standard InChI is InChI=1S/C12H11FN2O3/c13-9-4-2-1-3-8(9)7-18-12(17)10-5-6-11(16)15-14-10/h1-4H,5-7H2,(H,15,16). The van der Waals surface area contributed by atoms with Gasteiger partial charge >= 0.3 is 5.97 Å². The molecular weight excluding hydrogens is 239 g/mol. The van der Waals surface area contributed by atoms with E-state index in [1.54, 1.807) is 12.1 Å². The van der Waals surface area contributed by atoms with E-state index in [4.69, 9.17) is 4.74 Å². The van der Waals surface area contributed by atoms with E-state index in [2.05, 4.69) is 10.5 Å². The van der Waals surface area contributed by atoms with Gasteiger partial charge in [0, 0.05) is 18.4 Å². The molecule has 0 aliphatic carbocycles. The summed E-state index contributed by atoms with van der Waals surface area (Å²) in [6.07, 6.45) is 0.440. The second kappa shape index (κ2) is 5.39. The number of halogens is 1. The lowest BCUT2D eigenvalue weighted by molar-refractivity contribution is -0.137. The average Bonchev–Trinajstić information content (AvgIpc) is 2.38. The summed E-state index contributed by atoms with van der Waals surface area (Å²) < 4.78 is 18.2. The van der Waals surface area contributed by atoms with Crippen molar-refractivity contribution < 1.29 is 18.7 Å². The lowest BCUT2D eigenvalue weighted by Crippen LogP contribution is -2.30. The van der Waals surface area contributed by atoms with E-state index in [-0.39, 0.29) is 31.1 Å². The fourth-order valence-corrected chi connectivity index (χ4v) is 1.46. The normalized spacial score (nSPS) is 14.7. The number of nitrogens with one attached hydrogen (secondary N) is 1. The molecule has 18 heavy (non-hydrogen) atoms. The molecule has 1 N–H and O–H groups in total. The molecule has 1 aliphatic rings. The first-order chi connectivity index (χ1) is 8.66. The van der Waals surface area contributed by atoms with Gasteiger partial charge in [-0.2, -0.15) is 5.10 Å². The molecule has 0 radical (unpaired) electrons.